The van der Waals surface area contributed by atoms with Crippen molar-refractivity contribution < 1.29 is 19.1 Å². The predicted molar refractivity (Wildman–Crippen MR) is 71.7 cm³/mol. The van der Waals surface area contributed by atoms with Crippen LogP contribution in [0.5, 0.6) is 0 Å². The molecule has 1 rings (SSSR count). The van der Waals surface area contributed by atoms with E-state index in [9.17, 15) is 9.59 Å². The number of carbonyl (C=O) groups excluding carboxylic acids is 2. The van der Waals surface area contributed by atoms with Crippen LogP contribution in [0.3, 0.4) is 0 Å². The Labute approximate surface area is 115 Å². The van der Waals surface area contributed by atoms with E-state index in [1.165, 1.54) is 20.0 Å². The van der Waals surface area contributed by atoms with Gasteiger partial charge < -0.3 is 9.47 Å². The van der Waals surface area contributed by atoms with Crippen LogP contribution in [-0.2, 0) is 19.1 Å². The molecule has 0 aromatic heterocycles. The van der Waals surface area contributed by atoms with Crippen LogP contribution >= 0.6 is 0 Å². The van der Waals surface area contributed by atoms with Gasteiger partial charge in [-0.3, -0.25) is 14.5 Å². The number of ether oxygens (including phenoxy) is 2. The lowest BCUT2D eigenvalue weighted by atomic mass is 10.2. The number of unbranched alkanes of at least 4 members (excludes halogenated alkanes) is 3. The van der Waals surface area contributed by atoms with E-state index in [0.717, 1.165) is 12.8 Å². The van der Waals surface area contributed by atoms with Gasteiger partial charge in [0.15, 0.2) is 0 Å². The smallest absolute Gasteiger partial charge is 0.324 e. The lowest BCUT2D eigenvalue weighted by Gasteiger charge is -2.14. The second-order valence-corrected chi connectivity index (χ2v) is 4.89. The third kappa shape index (κ3) is 4.82. The van der Waals surface area contributed by atoms with Crippen LogP contribution < -0.4 is 0 Å². The number of nitrogens with zero attached hydrogens (tertiary/aromatic N) is 1. The van der Waals surface area contributed by atoms with Gasteiger partial charge in [-0.25, -0.2) is 0 Å². The maximum atomic E-state index is 11.8. The molecular formula is C14H25NO4. The molecule has 0 bridgehead atoms. The van der Waals surface area contributed by atoms with Crippen molar-refractivity contribution in [3.8, 4) is 0 Å². The number of methoxy groups -OCH3 is 1. The monoisotopic (exact) mass is 271 g/mol. The maximum absolute atomic E-state index is 11.8. The fourth-order valence-electron chi connectivity index (χ4n) is 2.18. The minimum Gasteiger partial charge on any atom is -0.468 e. The van der Waals surface area contributed by atoms with Gasteiger partial charge in [-0.2, -0.15) is 0 Å². The summed E-state index contributed by atoms with van der Waals surface area (Å²) >= 11 is 0. The highest BCUT2D eigenvalue weighted by atomic mass is 16.5. The molecule has 0 N–H and O–H groups in total. The molecule has 19 heavy (non-hydrogen) atoms. The van der Waals surface area contributed by atoms with Crippen LogP contribution in [0.4, 0.5) is 0 Å². The molecular weight excluding hydrogens is 246 g/mol. The molecule has 3 atom stereocenters. The number of carbonyl (C=O) groups is 2. The molecule has 1 unspecified atom stereocenters. The van der Waals surface area contributed by atoms with Crippen LogP contribution in [0.1, 0.15) is 46.0 Å². The Bertz CT molecular complexity index is 306. The maximum Gasteiger partial charge on any atom is 0.324 e. The Kier molecular flexibility index (Phi) is 6.84. The van der Waals surface area contributed by atoms with E-state index in [2.05, 4.69) is 6.92 Å². The molecule has 0 radical (unpaired) electrons. The molecule has 1 fully saturated rings. The lowest BCUT2D eigenvalue weighted by molar-refractivity contribution is -0.147. The molecule has 0 spiro atoms. The van der Waals surface area contributed by atoms with Crippen LogP contribution in [0.15, 0.2) is 0 Å². The summed E-state index contributed by atoms with van der Waals surface area (Å²) in [5.41, 5.74) is 0. The molecule has 5 heteroatoms. The van der Waals surface area contributed by atoms with Crippen molar-refractivity contribution >= 4 is 11.9 Å². The molecule has 0 aromatic carbocycles. The number of rotatable bonds is 9. The molecule has 110 valence electrons. The van der Waals surface area contributed by atoms with Crippen molar-refractivity contribution in [2.45, 2.75) is 58.0 Å². The largest absolute Gasteiger partial charge is 0.468 e. The number of esters is 2. The minimum atomic E-state index is -0.317. The zero-order valence-electron chi connectivity index (χ0n) is 12.2. The van der Waals surface area contributed by atoms with E-state index in [1.54, 1.807) is 0 Å². The Morgan fingerprint density at radius 1 is 1.26 bits per heavy atom. The SMILES string of the molecule is CCCCCCOC(=O)[C@@H]1CN1[C@@H](CC)C(=O)OC. The molecule has 1 aliphatic heterocycles. The van der Waals surface area contributed by atoms with Crippen molar-refractivity contribution in [1.29, 1.82) is 0 Å². The van der Waals surface area contributed by atoms with E-state index in [0.29, 0.717) is 19.6 Å². The average molecular weight is 271 g/mol. The summed E-state index contributed by atoms with van der Waals surface area (Å²) in [6, 6.07) is -0.571. The molecule has 1 aliphatic rings. The summed E-state index contributed by atoms with van der Waals surface area (Å²) in [4.78, 5) is 25.1. The Balaban J connectivity index is 2.23. The highest BCUT2D eigenvalue weighted by molar-refractivity contribution is 5.82. The molecule has 0 saturated carbocycles. The average Bonchev–Trinajstić information content (AvgIpc) is 3.19. The minimum absolute atomic E-state index is 0.209. The predicted octanol–water partition coefficient (Wildman–Crippen LogP) is 1.75. The van der Waals surface area contributed by atoms with Gasteiger partial charge in [0.05, 0.1) is 13.7 Å². The molecule has 5 nitrogen and oxygen atoms in total. The Morgan fingerprint density at radius 3 is 2.58 bits per heavy atom. The summed E-state index contributed by atoms with van der Waals surface area (Å²) in [7, 11) is 1.37. The van der Waals surface area contributed by atoms with Gasteiger partial charge >= 0.3 is 11.9 Å². The topological polar surface area (TPSA) is 55.6 Å². The summed E-state index contributed by atoms with van der Waals surface area (Å²) < 4.78 is 9.94. The zero-order chi connectivity index (χ0) is 14.3. The third-order valence-electron chi connectivity index (χ3n) is 3.43. The number of hydrogen-bond donors (Lipinski definition) is 0. The van der Waals surface area contributed by atoms with Crippen LogP contribution in [0.25, 0.3) is 0 Å². The van der Waals surface area contributed by atoms with Crippen LogP contribution in [0.2, 0.25) is 0 Å². The van der Waals surface area contributed by atoms with Gasteiger partial charge in [0.25, 0.3) is 0 Å². The fourth-order valence-corrected chi connectivity index (χ4v) is 2.18. The van der Waals surface area contributed by atoms with Crippen molar-refractivity contribution in [2.24, 2.45) is 0 Å². The van der Waals surface area contributed by atoms with Gasteiger partial charge in [-0.1, -0.05) is 33.1 Å². The highest BCUT2D eigenvalue weighted by Crippen LogP contribution is 2.25. The summed E-state index contributed by atoms with van der Waals surface area (Å²) in [6.07, 6.45) is 5.00. The zero-order valence-corrected chi connectivity index (χ0v) is 12.2. The molecule has 1 heterocycles. The van der Waals surface area contributed by atoms with E-state index >= 15 is 0 Å². The first kappa shape index (κ1) is 16.0. The number of hydrogen-bond acceptors (Lipinski definition) is 5. The summed E-state index contributed by atoms with van der Waals surface area (Å²) in [5.74, 6) is -0.486. The summed E-state index contributed by atoms with van der Waals surface area (Å²) in [6.45, 7) is 5.14. The highest BCUT2D eigenvalue weighted by Gasteiger charge is 2.48. The fraction of sp³-hybridized carbons (Fsp3) is 0.857. The first-order chi connectivity index (χ1) is 9.15. The van der Waals surface area contributed by atoms with Crippen molar-refractivity contribution in [3.63, 3.8) is 0 Å². The van der Waals surface area contributed by atoms with Crippen LogP contribution in [0, 0.1) is 0 Å². The van der Waals surface area contributed by atoms with Crippen molar-refractivity contribution in [3.05, 3.63) is 0 Å². The first-order valence-electron chi connectivity index (χ1n) is 7.15. The lowest BCUT2D eigenvalue weighted by Crippen LogP contribution is -2.32. The molecule has 0 amide bonds. The van der Waals surface area contributed by atoms with Gasteiger partial charge in [-0.15, -0.1) is 0 Å². The second kappa shape index (κ2) is 8.15. The van der Waals surface area contributed by atoms with E-state index < -0.39 is 0 Å². The molecule has 0 aromatic rings. The van der Waals surface area contributed by atoms with Gasteiger partial charge in [0.1, 0.15) is 12.1 Å². The van der Waals surface area contributed by atoms with Gasteiger partial charge in [0.2, 0.25) is 0 Å². The van der Waals surface area contributed by atoms with Crippen LogP contribution in [-0.4, -0.2) is 49.2 Å². The Hall–Kier alpha value is -1.10. The normalized spacial score (nSPS) is 22.7. The first-order valence-corrected chi connectivity index (χ1v) is 7.15. The quantitative estimate of drug-likeness (QED) is 0.363. The van der Waals surface area contributed by atoms with Crippen molar-refractivity contribution in [1.82, 2.24) is 4.90 Å². The molecule has 1 saturated heterocycles. The Morgan fingerprint density at radius 2 is 2.00 bits per heavy atom. The van der Waals surface area contributed by atoms with E-state index in [4.69, 9.17) is 9.47 Å². The van der Waals surface area contributed by atoms with E-state index in [-0.39, 0.29) is 24.0 Å². The standard InChI is InChI=1S/C14H25NO4/c1-4-6-7-8-9-19-14(17)12-10-15(12)11(5-2)13(16)18-3/h11-12H,4-10H2,1-3H3/t11-,12-,15?/m0/s1. The molecule has 0 aliphatic carbocycles. The van der Waals surface area contributed by atoms with Gasteiger partial charge in [-0.05, 0) is 12.8 Å². The third-order valence-corrected chi connectivity index (χ3v) is 3.43. The summed E-state index contributed by atoms with van der Waals surface area (Å²) in [5, 5.41) is 0. The second-order valence-electron chi connectivity index (χ2n) is 4.89. The van der Waals surface area contributed by atoms with E-state index in [1.807, 2.05) is 11.8 Å². The van der Waals surface area contributed by atoms with Gasteiger partial charge in [0, 0.05) is 6.54 Å². The van der Waals surface area contributed by atoms with Crippen molar-refractivity contribution in [2.75, 3.05) is 20.3 Å².